The summed E-state index contributed by atoms with van der Waals surface area (Å²) in [5, 5.41) is 3.00. The van der Waals surface area contributed by atoms with Gasteiger partial charge in [0.15, 0.2) is 0 Å². The van der Waals surface area contributed by atoms with Gasteiger partial charge in [-0.25, -0.2) is 9.97 Å². The van der Waals surface area contributed by atoms with Crippen molar-refractivity contribution >= 4 is 21.7 Å². The van der Waals surface area contributed by atoms with Crippen LogP contribution in [0.25, 0.3) is 0 Å². The number of hydrogen-bond donors (Lipinski definition) is 1. The standard InChI is InChI=1S/C13H14BrN3O/c1-8-4-5-11(10(14)6-8)18-13-9(2)12(15-3)16-7-17-13/h4-7H,1-3H3,(H,15,16,17). The summed E-state index contributed by atoms with van der Waals surface area (Å²) in [5.74, 6) is 2.06. The zero-order valence-corrected chi connectivity index (χ0v) is 12.1. The summed E-state index contributed by atoms with van der Waals surface area (Å²) in [4.78, 5) is 8.27. The smallest absolute Gasteiger partial charge is 0.227 e. The number of aryl methyl sites for hydroxylation is 1. The third kappa shape index (κ3) is 2.61. The van der Waals surface area contributed by atoms with Crippen molar-refractivity contribution in [2.24, 2.45) is 0 Å². The van der Waals surface area contributed by atoms with E-state index in [0.717, 1.165) is 21.6 Å². The molecule has 0 amide bonds. The largest absolute Gasteiger partial charge is 0.437 e. The van der Waals surface area contributed by atoms with Crippen molar-refractivity contribution in [1.82, 2.24) is 9.97 Å². The third-order valence-electron chi connectivity index (χ3n) is 2.57. The van der Waals surface area contributed by atoms with Crippen LogP contribution in [0.5, 0.6) is 11.6 Å². The van der Waals surface area contributed by atoms with Crippen molar-refractivity contribution in [3.8, 4) is 11.6 Å². The molecule has 0 bridgehead atoms. The van der Waals surface area contributed by atoms with Crippen LogP contribution in [0.1, 0.15) is 11.1 Å². The first-order valence-corrected chi connectivity index (χ1v) is 6.34. The molecular weight excluding hydrogens is 294 g/mol. The number of nitrogens with one attached hydrogen (secondary N) is 1. The van der Waals surface area contributed by atoms with Crippen LogP contribution in [-0.2, 0) is 0 Å². The predicted molar refractivity (Wildman–Crippen MR) is 75.3 cm³/mol. The van der Waals surface area contributed by atoms with E-state index in [1.807, 2.05) is 39.1 Å². The molecule has 0 fully saturated rings. The molecular formula is C13H14BrN3O. The van der Waals surface area contributed by atoms with Gasteiger partial charge in [0.25, 0.3) is 0 Å². The van der Waals surface area contributed by atoms with Gasteiger partial charge in [-0.2, -0.15) is 0 Å². The van der Waals surface area contributed by atoms with Crippen LogP contribution in [0, 0.1) is 13.8 Å². The molecule has 0 aliphatic carbocycles. The van der Waals surface area contributed by atoms with Crippen molar-refractivity contribution in [3.63, 3.8) is 0 Å². The van der Waals surface area contributed by atoms with Crippen molar-refractivity contribution < 1.29 is 4.74 Å². The van der Waals surface area contributed by atoms with Crippen molar-refractivity contribution in [3.05, 3.63) is 40.1 Å². The molecule has 1 heterocycles. The Balaban J connectivity index is 2.34. The maximum Gasteiger partial charge on any atom is 0.227 e. The summed E-state index contributed by atoms with van der Waals surface area (Å²) in [6, 6.07) is 5.92. The Morgan fingerprint density at radius 1 is 1.22 bits per heavy atom. The lowest BCUT2D eigenvalue weighted by atomic mass is 10.2. The first-order chi connectivity index (χ1) is 8.61. The van der Waals surface area contributed by atoms with Gasteiger partial charge in [0.1, 0.15) is 17.9 Å². The first-order valence-electron chi connectivity index (χ1n) is 5.55. The first kappa shape index (κ1) is 12.8. The Hall–Kier alpha value is -1.62. The van der Waals surface area contributed by atoms with E-state index in [2.05, 4.69) is 31.2 Å². The van der Waals surface area contributed by atoms with Gasteiger partial charge in [-0.05, 0) is 47.5 Å². The Labute approximate surface area is 115 Å². The molecule has 18 heavy (non-hydrogen) atoms. The van der Waals surface area contributed by atoms with Crippen LogP contribution in [0.3, 0.4) is 0 Å². The van der Waals surface area contributed by atoms with Crippen molar-refractivity contribution in [2.75, 3.05) is 12.4 Å². The molecule has 4 nitrogen and oxygen atoms in total. The lowest BCUT2D eigenvalue weighted by molar-refractivity contribution is 0.455. The highest BCUT2D eigenvalue weighted by Gasteiger charge is 2.09. The summed E-state index contributed by atoms with van der Waals surface area (Å²) in [5.41, 5.74) is 2.05. The lowest BCUT2D eigenvalue weighted by Crippen LogP contribution is -2.00. The third-order valence-corrected chi connectivity index (χ3v) is 3.19. The lowest BCUT2D eigenvalue weighted by Gasteiger charge is -2.11. The SMILES string of the molecule is CNc1ncnc(Oc2ccc(C)cc2Br)c1C. The molecule has 2 rings (SSSR count). The summed E-state index contributed by atoms with van der Waals surface area (Å²) in [6.45, 7) is 3.95. The van der Waals surface area contributed by atoms with Crippen LogP contribution < -0.4 is 10.1 Å². The molecule has 94 valence electrons. The Bertz CT molecular complexity index is 572. The molecule has 5 heteroatoms. The second-order valence-corrected chi connectivity index (χ2v) is 4.79. The van der Waals surface area contributed by atoms with Gasteiger partial charge in [0.2, 0.25) is 5.88 Å². The highest BCUT2D eigenvalue weighted by molar-refractivity contribution is 9.10. The highest BCUT2D eigenvalue weighted by atomic mass is 79.9. The van der Waals surface area contributed by atoms with E-state index >= 15 is 0 Å². The van der Waals surface area contributed by atoms with Gasteiger partial charge in [-0.15, -0.1) is 0 Å². The normalized spacial score (nSPS) is 10.2. The number of rotatable bonds is 3. The Kier molecular flexibility index (Phi) is 3.81. The molecule has 0 saturated carbocycles. The number of aromatic nitrogens is 2. The number of hydrogen-bond acceptors (Lipinski definition) is 4. The second kappa shape index (κ2) is 5.35. The van der Waals surface area contributed by atoms with Crippen molar-refractivity contribution in [1.29, 1.82) is 0 Å². The molecule has 0 spiro atoms. The quantitative estimate of drug-likeness (QED) is 0.939. The zero-order valence-electron chi connectivity index (χ0n) is 10.5. The number of benzene rings is 1. The van der Waals surface area contributed by atoms with Gasteiger partial charge in [-0.1, -0.05) is 6.07 Å². The minimum absolute atomic E-state index is 0.555. The maximum absolute atomic E-state index is 5.80. The minimum atomic E-state index is 0.555. The molecule has 1 N–H and O–H groups in total. The molecule has 0 aliphatic heterocycles. The Morgan fingerprint density at radius 2 is 2.00 bits per heavy atom. The maximum atomic E-state index is 5.80. The summed E-state index contributed by atoms with van der Waals surface area (Å²) in [6.07, 6.45) is 1.48. The molecule has 0 radical (unpaired) electrons. The summed E-state index contributed by atoms with van der Waals surface area (Å²) < 4.78 is 6.71. The van der Waals surface area contributed by atoms with E-state index in [9.17, 15) is 0 Å². The van der Waals surface area contributed by atoms with Gasteiger partial charge in [-0.3, -0.25) is 0 Å². The molecule has 2 aromatic rings. The molecule has 0 atom stereocenters. The summed E-state index contributed by atoms with van der Waals surface area (Å²) >= 11 is 3.48. The van der Waals surface area contributed by atoms with Gasteiger partial charge in [0.05, 0.1) is 10.0 Å². The average molecular weight is 308 g/mol. The second-order valence-electron chi connectivity index (χ2n) is 3.94. The highest BCUT2D eigenvalue weighted by Crippen LogP contribution is 2.31. The van der Waals surface area contributed by atoms with E-state index in [4.69, 9.17) is 4.74 Å². The van der Waals surface area contributed by atoms with E-state index in [-0.39, 0.29) is 0 Å². The fraction of sp³-hybridized carbons (Fsp3) is 0.231. The summed E-state index contributed by atoms with van der Waals surface area (Å²) in [7, 11) is 1.82. The number of anilines is 1. The molecule has 0 aliphatic rings. The zero-order chi connectivity index (χ0) is 13.1. The average Bonchev–Trinajstić information content (AvgIpc) is 2.35. The van der Waals surface area contributed by atoms with Crippen LogP contribution >= 0.6 is 15.9 Å². The van der Waals surface area contributed by atoms with Gasteiger partial charge >= 0.3 is 0 Å². The molecule has 1 aromatic carbocycles. The fourth-order valence-electron chi connectivity index (χ4n) is 1.58. The molecule has 1 aromatic heterocycles. The van der Waals surface area contributed by atoms with Crippen LogP contribution in [0.2, 0.25) is 0 Å². The minimum Gasteiger partial charge on any atom is -0.437 e. The fourth-order valence-corrected chi connectivity index (χ4v) is 2.16. The van der Waals surface area contributed by atoms with E-state index in [0.29, 0.717) is 5.88 Å². The Morgan fingerprint density at radius 3 is 2.67 bits per heavy atom. The topological polar surface area (TPSA) is 47.0 Å². The monoisotopic (exact) mass is 307 g/mol. The number of halogens is 1. The van der Waals surface area contributed by atoms with E-state index < -0.39 is 0 Å². The van der Waals surface area contributed by atoms with Crippen LogP contribution in [-0.4, -0.2) is 17.0 Å². The van der Waals surface area contributed by atoms with Crippen LogP contribution in [0.15, 0.2) is 29.0 Å². The van der Waals surface area contributed by atoms with Crippen molar-refractivity contribution in [2.45, 2.75) is 13.8 Å². The number of nitrogens with zero attached hydrogens (tertiary/aromatic N) is 2. The predicted octanol–water partition coefficient (Wildman–Crippen LogP) is 3.69. The van der Waals surface area contributed by atoms with Crippen LogP contribution in [0.4, 0.5) is 5.82 Å². The van der Waals surface area contributed by atoms with Gasteiger partial charge in [0, 0.05) is 7.05 Å². The molecule has 0 saturated heterocycles. The van der Waals surface area contributed by atoms with E-state index in [1.165, 1.54) is 11.9 Å². The van der Waals surface area contributed by atoms with Gasteiger partial charge < -0.3 is 10.1 Å². The number of ether oxygens (including phenoxy) is 1. The van der Waals surface area contributed by atoms with E-state index in [1.54, 1.807) is 0 Å². The molecule has 0 unspecified atom stereocenters.